The van der Waals surface area contributed by atoms with Crippen molar-refractivity contribution in [1.82, 2.24) is 4.90 Å². The van der Waals surface area contributed by atoms with E-state index in [2.05, 4.69) is 11.8 Å². The van der Waals surface area contributed by atoms with E-state index in [1.54, 1.807) is 0 Å². The van der Waals surface area contributed by atoms with Crippen LogP contribution in [0.4, 0.5) is 0 Å². The lowest BCUT2D eigenvalue weighted by Crippen LogP contribution is -2.40. The number of piperidine rings is 1. The lowest BCUT2D eigenvalue weighted by molar-refractivity contribution is -0.138. The molecular formula is C10H19NO2. The molecule has 0 aromatic heterocycles. The van der Waals surface area contributed by atoms with Crippen LogP contribution in [-0.2, 0) is 4.79 Å². The molecule has 1 rings (SSSR count). The van der Waals surface area contributed by atoms with Gasteiger partial charge in [-0.1, -0.05) is 13.3 Å². The largest absolute Gasteiger partial charge is 0.481 e. The second-order valence-corrected chi connectivity index (χ2v) is 3.76. The van der Waals surface area contributed by atoms with Gasteiger partial charge in [-0.3, -0.25) is 9.69 Å². The lowest BCUT2D eigenvalue weighted by Gasteiger charge is -2.33. The third-order valence-electron chi connectivity index (χ3n) is 2.79. The van der Waals surface area contributed by atoms with Crippen molar-refractivity contribution in [3.8, 4) is 0 Å². The predicted octanol–water partition coefficient (Wildman–Crippen LogP) is 1.73. The smallest absolute Gasteiger partial charge is 0.304 e. The highest BCUT2D eigenvalue weighted by molar-refractivity contribution is 5.67. The summed E-state index contributed by atoms with van der Waals surface area (Å²) in [7, 11) is 0. The molecule has 0 amide bonds. The molecule has 1 aliphatic rings. The lowest BCUT2D eigenvalue weighted by atomic mass is 10.0. The van der Waals surface area contributed by atoms with Gasteiger partial charge in [0.25, 0.3) is 0 Å². The number of carbonyl (C=O) groups is 1. The van der Waals surface area contributed by atoms with Crippen LogP contribution >= 0.6 is 0 Å². The fourth-order valence-electron chi connectivity index (χ4n) is 2.02. The van der Waals surface area contributed by atoms with Gasteiger partial charge in [-0.25, -0.2) is 0 Å². The summed E-state index contributed by atoms with van der Waals surface area (Å²) >= 11 is 0. The van der Waals surface area contributed by atoms with Gasteiger partial charge in [0, 0.05) is 6.04 Å². The average molecular weight is 185 g/mol. The van der Waals surface area contributed by atoms with Crippen molar-refractivity contribution in [2.24, 2.45) is 0 Å². The van der Waals surface area contributed by atoms with Crippen molar-refractivity contribution < 1.29 is 9.90 Å². The Hall–Kier alpha value is -0.570. The molecule has 1 unspecified atom stereocenters. The number of carboxylic acid groups (broad SMARTS) is 1. The molecule has 1 N–H and O–H groups in total. The van der Waals surface area contributed by atoms with Crippen LogP contribution in [0, 0.1) is 0 Å². The Labute approximate surface area is 79.7 Å². The summed E-state index contributed by atoms with van der Waals surface area (Å²) in [6.45, 7) is 4.25. The Morgan fingerprint density at radius 2 is 2.00 bits per heavy atom. The fourth-order valence-corrected chi connectivity index (χ4v) is 2.02. The van der Waals surface area contributed by atoms with Crippen LogP contribution in [0.1, 0.15) is 39.0 Å². The van der Waals surface area contributed by atoms with Crippen LogP contribution in [0.3, 0.4) is 0 Å². The summed E-state index contributed by atoms with van der Waals surface area (Å²) in [6.07, 6.45) is 5.02. The Morgan fingerprint density at radius 1 is 1.38 bits per heavy atom. The van der Waals surface area contributed by atoms with Crippen molar-refractivity contribution in [2.45, 2.75) is 45.1 Å². The molecule has 13 heavy (non-hydrogen) atoms. The summed E-state index contributed by atoms with van der Waals surface area (Å²) in [5.74, 6) is -0.669. The Balaban J connectivity index is 2.39. The minimum atomic E-state index is -0.669. The van der Waals surface area contributed by atoms with Crippen molar-refractivity contribution in [3.05, 3.63) is 0 Å². The number of hydrogen-bond acceptors (Lipinski definition) is 2. The van der Waals surface area contributed by atoms with Gasteiger partial charge in [-0.2, -0.15) is 0 Å². The van der Waals surface area contributed by atoms with Gasteiger partial charge in [-0.15, -0.1) is 0 Å². The fraction of sp³-hybridized carbons (Fsp3) is 0.900. The molecular weight excluding hydrogens is 166 g/mol. The standard InChI is InChI=1S/C10H19NO2/c1-2-9(8-10(12)13)11-6-4-3-5-7-11/h9H,2-8H2,1H3,(H,12,13). The first kappa shape index (κ1) is 10.5. The van der Waals surface area contributed by atoms with Gasteiger partial charge < -0.3 is 5.11 Å². The SMILES string of the molecule is CCC(CC(=O)O)N1CCCCC1. The summed E-state index contributed by atoms with van der Waals surface area (Å²) in [6, 6.07) is 0.262. The van der Waals surface area contributed by atoms with Gasteiger partial charge in [-0.05, 0) is 32.4 Å². The number of likely N-dealkylation sites (tertiary alicyclic amines) is 1. The van der Waals surface area contributed by atoms with Crippen molar-refractivity contribution in [3.63, 3.8) is 0 Å². The monoisotopic (exact) mass is 185 g/mol. The minimum absolute atomic E-state index is 0.262. The highest BCUT2D eigenvalue weighted by Gasteiger charge is 2.20. The van der Waals surface area contributed by atoms with Crippen LogP contribution in [0.5, 0.6) is 0 Å². The van der Waals surface area contributed by atoms with Crippen molar-refractivity contribution in [2.75, 3.05) is 13.1 Å². The molecule has 0 radical (unpaired) electrons. The van der Waals surface area contributed by atoms with E-state index in [1.807, 2.05) is 0 Å². The van der Waals surface area contributed by atoms with E-state index in [4.69, 9.17) is 5.11 Å². The molecule has 76 valence electrons. The number of nitrogens with zero attached hydrogens (tertiary/aromatic N) is 1. The molecule has 0 aromatic carbocycles. The third kappa shape index (κ3) is 3.35. The number of aliphatic carboxylic acids is 1. The second-order valence-electron chi connectivity index (χ2n) is 3.76. The maximum Gasteiger partial charge on any atom is 0.304 e. The van der Waals surface area contributed by atoms with Crippen LogP contribution < -0.4 is 0 Å². The molecule has 0 aromatic rings. The van der Waals surface area contributed by atoms with E-state index in [0.29, 0.717) is 6.42 Å². The zero-order valence-electron chi connectivity index (χ0n) is 8.33. The molecule has 1 aliphatic heterocycles. The zero-order valence-corrected chi connectivity index (χ0v) is 8.33. The van der Waals surface area contributed by atoms with E-state index in [-0.39, 0.29) is 6.04 Å². The summed E-state index contributed by atoms with van der Waals surface area (Å²) in [4.78, 5) is 12.9. The van der Waals surface area contributed by atoms with Crippen LogP contribution in [0.25, 0.3) is 0 Å². The molecule has 1 atom stereocenters. The van der Waals surface area contributed by atoms with E-state index in [0.717, 1.165) is 19.5 Å². The molecule has 1 heterocycles. The molecule has 1 fully saturated rings. The summed E-state index contributed by atoms with van der Waals surface area (Å²) in [5.41, 5.74) is 0. The van der Waals surface area contributed by atoms with Gasteiger partial charge in [0.05, 0.1) is 6.42 Å². The molecule has 0 spiro atoms. The number of hydrogen-bond donors (Lipinski definition) is 1. The highest BCUT2D eigenvalue weighted by atomic mass is 16.4. The first-order valence-electron chi connectivity index (χ1n) is 5.20. The molecule has 0 aliphatic carbocycles. The van der Waals surface area contributed by atoms with E-state index in [9.17, 15) is 4.79 Å². The van der Waals surface area contributed by atoms with Crippen molar-refractivity contribution in [1.29, 1.82) is 0 Å². The number of rotatable bonds is 4. The van der Waals surface area contributed by atoms with Crippen molar-refractivity contribution >= 4 is 5.97 Å². The first-order chi connectivity index (χ1) is 6.24. The van der Waals surface area contributed by atoms with E-state index >= 15 is 0 Å². The van der Waals surface area contributed by atoms with Gasteiger partial charge >= 0.3 is 5.97 Å². The summed E-state index contributed by atoms with van der Waals surface area (Å²) in [5, 5.41) is 8.72. The predicted molar refractivity (Wildman–Crippen MR) is 51.8 cm³/mol. The molecule has 1 saturated heterocycles. The summed E-state index contributed by atoms with van der Waals surface area (Å²) < 4.78 is 0. The quantitative estimate of drug-likeness (QED) is 0.725. The Bertz CT molecular complexity index is 164. The van der Waals surface area contributed by atoms with Gasteiger partial charge in [0.15, 0.2) is 0 Å². The van der Waals surface area contributed by atoms with E-state index in [1.165, 1.54) is 19.3 Å². The molecule has 3 heteroatoms. The second kappa shape index (κ2) is 5.22. The topological polar surface area (TPSA) is 40.5 Å². The maximum atomic E-state index is 10.6. The average Bonchev–Trinajstić information content (AvgIpc) is 2.15. The molecule has 0 bridgehead atoms. The number of carboxylic acids is 1. The third-order valence-corrected chi connectivity index (χ3v) is 2.79. The minimum Gasteiger partial charge on any atom is -0.481 e. The molecule has 0 saturated carbocycles. The van der Waals surface area contributed by atoms with Gasteiger partial charge in [0.2, 0.25) is 0 Å². The van der Waals surface area contributed by atoms with Crippen LogP contribution in [-0.4, -0.2) is 35.1 Å². The van der Waals surface area contributed by atoms with Gasteiger partial charge in [0.1, 0.15) is 0 Å². The first-order valence-corrected chi connectivity index (χ1v) is 5.20. The van der Waals surface area contributed by atoms with E-state index < -0.39 is 5.97 Å². The van der Waals surface area contributed by atoms with Crippen LogP contribution in [0.15, 0.2) is 0 Å². The zero-order chi connectivity index (χ0) is 9.68. The maximum absolute atomic E-state index is 10.6. The Kier molecular flexibility index (Phi) is 4.22. The van der Waals surface area contributed by atoms with Crippen LogP contribution in [0.2, 0.25) is 0 Å². The highest BCUT2D eigenvalue weighted by Crippen LogP contribution is 2.16. The molecule has 3 nitrogen and oxygen atoms in total. The Morgan fingerprint density at radius 3 is 2.46 bits per heavy atom. The normalized spacial score (nSPS) is 21.3.